The summed E-state index contributed by atoms with van der Waals surface area (Å²) in [5.41, 5.74) is 2.76. The molecule has 3 aromatic rings. The Labute approximate surface area is 204 Å². The third-order valence-corrected chi connectivity index (χ3v) is 5.60. The predicted molar refractivity (Wildman–Crippen MR) is 131 cm³/mol. The Kier molecular flexibility index (Phi) is 6.65. The highest BCUT2D eigenvalue weighted by molar-refractivity contribution is 7.80. The molecule has 1 fully saturated rings. The first kappa shape index (κ1) is 22.8. The number of amides is 2. The summed E-state index contributed by atoms with van der Waals surface area (Å²) in [4.78, 5) is 24.7. The number of hydrogen-bond acceptors (Lipinski definition) is 5. The lowest BCUT2D eigenvalue weighted by atomic mass is 10.00. The van der Waals surface area contributed by atoms with Gasteiger partial charge < -0.3 is 9.84 Å². The van der Waals surface area contributed by atoms with E-state index in [0.717, 1.165) is 16.7 Å². The fourth-order valence-corrected chi connectivity index (χ4v) is 3.65. The highest BCUT2D eigenvalue weighted by Crippen LogP contribution is 2.33. The standard InChI is InChI=1S/C24H16Cl2N2O4S/c25-17-5-1-13(2-6-17)12-32-21-8-4-14(15-3-7-20(29)19(26)11-15)9-16(21)10-18-22(30)27-24(33)28-23(18)31/h1-11,29H,12H2,(H2,27,28,30,31,33). The first-order valence-corrected chi connectivity index (χ1v) is 10.8. The molecule has 0 unspecified atom stereocenters. The van der Waals surface area contributed by atoms with E-state index < -0.39 is 11.8 Å². The smallest absolute Gasteiger partial charge is 0.263 e. The average molecular weight is 499 g/mol. The molecule has 3 N–H and O–H groups in total. The molecule has 4 rings (SSSR count). The lowest BCUT2D eigenvalue weighted by molar-refractivity contribution is -0.123. The van der Waals surface area contributed by atoms with Crippen molar-refractivity contribution in [2.45, 2.75) is 6.61 Å². The van der Waals surface area contributed by atoms with Crippen LogP contribution in [0, 0.1) is 0 Å². The Morgan fingerprint density at radius 1 is 0.909 bits per heavy atom. The quantitative estimate of drug-likeness (QED) is 0.265. The molecule has 0 atom stereocenters. The number of ether oxygens (including phenoxy) is 1. The highest BCUT2D eigenvalue weighted by Gasteiger charge is 2.26. The summed E-state index contributed by atoms with van der Waals surface area (Å²) >= 11 is 16.9. The van der Waals surface area contributed by atoms with Crippen molar-refractivity contribution in [2.24, 2.45) is 0 Å². The molecule has 2 amide bonds. The van der Waals surface area contributed by atoms with Crippen LogP contribution in [0.25, 0.3) is 17.2 Å². The lowest BCUT2D eigenvalue weighted by Gasteiger charge is -2.17. The van der Waals surface area contributed by atoms with Crippen LogP contribution in [0.1, 0.15) is 11.1 Å². The van der Waals surface area contributed by atoms with Gasteiger partial charge in [0, 0.05) is 10.6 Å². The SMILES string of the molecule is O=C1NC(=S)NC(=O)C1=Cc1cc(-c2ccc(O)c(Cl)c2)ccc1OCc1ccc(Cl)cc1. The molecular formula is C24H16Cl2N2O4S. The van der Waals surface area contributed by atoms with Gasteiger partial charge in [0.05, 0.1) is 5.02 Å². The van der Waals surface area contributed by atoms with Crippen molar-refractivity contribution in [2.75, 3.05) is 0 Å². The van der Waals surface area contributed by atoms with Crippen LogP contribution < -0.4 is 15.4 Å². The number of carbonyl (C=O) groups is 2. The summed E-state index contributed by atoms with van der Waals surface area (Å²) in [5.74, 6) is -0.784. The number of carbonyl (C=O) groups excluding carboxylic acids is 2. The number of phenolic OH excluding ortho intramolecular Hbond substituents is 1. The van der Waals surface area contributed by atoms with Gasteiger partial charge in [0.2, 0.25) is 0 Å². The van der Waals surface area contributed by atoms with Crippen molar-refractivity contribution in [3.8, 4) is 22.6 Å². The molecule has 1 aliphatic rings. The van der Waals surface area contributed by atoms with Crippen LogP contribution in [0.4, 0.5) is 0 Å². The van der Waals surface area contributed by atoms with Gasteiger partial charge in [-0.2, -0.15) is 0 Å². The number of hydrogen-bond donors (Lipinski definition) is 3. The molecule has 6 nitrogen and oxygen atoms in total. The Balaban J connectivity index is 1.73. The Bertz CT molecular complexity index is 1280. The zero-order valence-electron chi connectivity index (χ0n) is 16.9. The summed E-state index contributed by atoms with van der Waals surface area (Å²) in [6.45, 7) is 0.250. The number of halogens is 2. The van der Waals surface area contributed by atoms with Crippen LogP contribution >= 0.6 is 35.4 Å². The van der Waals surface area contributed by atoms with Crippen LogP contribution in [-0.2, 0) is 16.2 Å². The van der Waals surface area contributed by atoms with Crippen molar-refractivity contribution >= 4 is 58.4 Å². The normalized spacial score (nSPS) is 13.4. The molecule has 0 aliphatic carbocycles. The third-order valence-electron chi connectivity index (χ3n) is 4.84. The van der Waals surface area contributed by atoms with Crippen molar-refractivity contribution in [3.63, 3.8) is 0 Å². The topological polar surface area (TPSA) is 87.7 Å². The van der Waals surface area contributed by atoms with Gasteiger partial charge in [-0.3, -0.25) is 20.2 Å². The fourth-order valence-electron chi connectivity index (χ4n) is 3.16. The highest BCUT2D eigenvalue weighted by atomic mass is 35.5. The minimum absolute atomic E-state index is 0.0304. The lowest BCUT2D eigenvalue weighted by Crippen LogP contribution is -2.51. The average Bonchev–Trinajstić information content (AvgIpc) is 2.78. The Morgan fingerprint density at radius 2 is 1.55 bits per heavy atom. The maximum Gasteiger partial charge on any atom is 0.263 e. The summed E-state index contributed by atoms with van der Waals surface area (Å²) in [6, 6.07) is 17.4. The van der Waals surface area contributed by atoms with E-state index in [4.69, 9.17) is 40.2 Å². The largest absolute Gasteiger partial charge is 0.506 e. The zero-order valence-corrected chi connectivity index (χ0v) is 19.2. The van der Waals surface area contributed by atoms with Gasteiger partial charge in [-0.25, -0.2) is 0 Å². The Morgan fingerprint density at radius 3 is 2.21 bits per heavy atom. The Hall–Kier alpha value is -3.39. The van der Waals surface area contributed by atoms with Crippen LogP contribution in [0.15, 0.2) is 66.2 Å². The van der Waals surface area contributed by atoms with Gasteiger partial charge in [-0.1, -0.05) is 47.5 Å². The second kappa shape index (κ2) is 9.62. The second-order valence-corrected chi connectivity index (χ2v) is 8.38. The van der Waals surface area contributed by atoms with Crippen molar-refractivity contribution < 1.29 is 19.4 Å². The molecule has 0 radical (unpaired) electrons. The van der Waals surface area contributed by atoms with Gasteiger partial charge in [-0.15, -0.1) is 0 Å². The van der Waals surface area contributed by atoms with Gasteiger partial charge >= 0.3 is 0 Å². The monoisotopic (exact) mass is 498 g/mol. The minimum Gasteiger partial charge on any atom is -0.506 e. The van der Waals surface area contributed by atoms with E-state index in [1.165, 1.54) is 12.1 Å². The van der Waals surface area contributed by atoms with E-state index in [0.29, 0.717) is 16.3 Å². The molecule has 33 heavy (non-hydrogen) atoms. The van der Waals surface area contributed by atoms with E-state index >= 15 is 0 Å². The molecule has 1 aliphatic heterocycles. The molecule has 0 saturated carbocycles. The molecular weight excluding hydrogens is 483 g/mol. The number of benzene rings is 3. The minimum atomic E-state index is -0.606. The summed E-state index contributed by atoms with van der Waals surface area (Å²) < 4.78 is 5.99. The molecule has 1 heterocycles. The fraction of sp³-hybridized carbons (Fsp3) is 0.0417. The van der Waals surface area contributed by atoms with Gasteiger partial charge in [-0.05, 0) is 71.4 Å². The van der Waals surface area contributed by atoms with Gasteiger partial charge in [0.25, 0.3) is 11.8 Å². The molecule has 0 bridgehead atoms. The van der Waals surface area contributed by atoms with Gasteiger partial charge in [0.15, 0.2) is 5.11 Å². The maximum atomic E-state index is 12.4. The van der Waals surface area contributed by atoms with Crippen LogP contribution in [0.5, 0.6) is 11.5 Å². The van der Waals surface area contributed by atoms with E-state index in [1.807, 2.05) is 18.2 Å². The van der Waals surface area contributed by atoms with E-state index in [2.05, 4.69) is 10.6 Å². The van der Waals surface area contributed by atoms with Crippen LogP contribution in [-0.4, -0.2) is 22.0 Å². The molecule has 3 aromatic carbocycles. The first-order chi connectivity index (χ1) is 15.8. The van der Waals surface area contributed by atoms with Crippen molar-refractivity contribution in [1.82, 2.24) is 10.6 Å². The molecule has 1 saturated heterocycles. The summed E-state index contributed by atoms with van der Waals surface area (Å²) in [7, 11) is 0. The molecule has 9 heteroatoms. The van der Waals surface area contributed by atoms with E-state index in [9.17, 15) is 14.7 Å². The zero-order chi connectivity index (χ0) is 23.5. The number of rotatable bonds is 5. The predicted octanol–water partition coefficient (Wildman–Crippen LogP) is 4.86. The third kappa shape index (κ3) is 5.34. The molecule has 0 aromatic heterocycles. The number of thiocarbonyl (C=S) groups is 1. The van der Waals surface area contributed by atoms with Crippen molar-refractivity contribution in [1.29, 1.82) is 0 Å². The van der Waals surface area contributed by atoms with E-state index in [-0.39, 0.29) is 28.1 Å². The summed E-state index contributed by atoms with van der Waals surface area (Å²) in [5, 5.41) is 15.3. The first-order valence-electron chi connectivity index (χ1n) is 9.69. The van der Waals surface area contributed by atoms with Crippen molar-refractivity contribution in [3.05, 3.63) is 87.4 Å². The molecule has 0 spiro atoms. The number of aromatic hydroxyl groups is 1. The van der Waals surface area contributed by atoms with E-state index in [1.54, 1.807) is 36.4 Å². The van der Waals surface area contributed by atoms with Crippen LogP contribution in [0.2, 0.25) is 10.0 Å². The van der Waals surface area contributed by atoms with Gasteiger partial charge in [0.1, 0.15) is 23.7 Å². The number of phenols is 1. The maximum absolute atomic E-state index is 12.4. The second-order valence-electron chi connectivity index (χ2n) is 7.13. The summed E-state index contributed by atoms with van der Waals surface area (Å²) in [6.07, 6.45) is 1.44. The van der Waals surface area contributed by atoms with Crippen LogP contribution in [0.3, 0.4) is 0 Å². The molecule has 166 valence electrons. The number of nitrogens with one attached hydrogen (secondary N) is 2.